The molecule has 1 spiro atoms. The van der Waals surface area contributed by atoms with E-state index >= 15 is 8.78 Å². The first kappa shape index (κ1) is 18.7. The van der Waals surface area contributed by atoms with Gasteiger partial charge in [-0.3, -0.25) is 0 Å². The molecule has 2 saturated heterocycles. The van der Waals surface area contributed by atoms with Gasteiger partial charge in [-0.15, -0.1) is 0 Å². The molecule has 8 nitrogen and oxygen atoms in total. The number of fused-ring (bicyclic) bond motifs is 1. The van der Waals surface area contributed by atoms with E-state index in [1.165, 1.54) is 26.5 Å². The van der Waals surface area contributed by atoms with E-state index in [-0.39, 0.29) is 34.1 Å². The first-order valence-electron chi connectivity index (χ1n) is 9.31. The molecule has 3 aromatic rings. The normalized spacial score (nSPS) is 17.0. The van der Waals surface area contributed by atoms with Crippen molar-refractivity contribution in [1.82, 2.24) is 15.0 Å². The molecule has 2 N–H and O–H groups in total. The van der Waals surface area contributed by atoms with Crippen LogP contribution in [0.25, 0.3) is 22.2 Å². The summed E-state index contributed by atoms with van der Waals surface area (Å²) in [6.07, 6.45) is 1.52. The van der Waals surface area contributed by atoms with Gasteiger partial charge >= 0.3 is 0 Å². The second-order valence-electron chi connectivity index (χ2n) is 7.63. The average Bonchev–Trinajstić information content (AvgIpc) is 2.66. The molecule has 0 bridgehead atoms. The molecule has 1 aromatic carbocycles. The van der Waals surface area contributed by atoms with Gasteiger partial charge in [-0.05, 0) is 6.07 Å². The van der Waals surface area contributed by atoms with E-state index in [1.807, 2.05) is 4.90 Å². The molecule has 30 heavy (non-hydrogen) atoms. The van der Waals surface area contributed by atoms with Gasteiger partial charge < -0.3 is 24.8 Å². The Labute approximate surface area is 170 Å². The number of methoxy groups -OCH3 is 2. The Bertz CT molecular complexity index is 1130. The number of benzene rings is 1. The van der Waals surface area contributed by atoms with Crippen molar-refractivity contribution in [2.75, 3.05) is 51.2 Å². The molecular weight excluding hydrogens is 396 g/mol. The molecule has 2 fully saturated rings. The predicted molar refractivity (Wildman–Crippen MR) is 106 cm³/mol. The van der Waals surface area contributed by atoms with Crippen LogP contribution in [0, 0.1) is 17.0 Å². The van der Waals surface area contributed by atoms with Crippen molar-refractivity contribution in [3.05, 3.63) is 30.0 Å². The van der Waals surface area contributed by atoms with Crippen LogP contribution in [0.15, 0.2) is 18.3 Å². The lowest BCUT2D eigenvalue weighted by atomic mass is 9.78. The fraction of sp³-hybridized carbons (Fsp3) is 0.350. The summed E-state index contributed by atoms with van der Waals surface area (Å²) in [5, 5.41) is 0.565. The number of nitrogen functional groups attached to an aromatic ring is 1. The van der Waals surface area contributed by atoms with E-state index in [4.69, 9.17) is 19.9 Å². The van der Waals surface area contributed by atoms with Gasteiger partial charge in [-0.25, -0.2) is 23.7 Å². The van der Waals surface area contributed by atoms with Gasteiger partial charge in [0, 0.05) is 30.7 Å². The molecule has 0 aliphatic carbocycles. The van der Waals surface area contributed by atoms with E-state index in [9.17, 15) is 0 Å². The summed E-state index contributed by atoms with van der Waals surface area (Å²) in [5.74, 6) is -1.42. The maximum absolute atomic E-state index is 15.1. The SMILES string of the molecule is COc1cc(OC)c(F)c(-c2cc3cnc(N)nc3c(N3CC4(COC4)C3)n2)c1F. The van der Waals surface area contributed by atoms with Crippen LogP contribution in [0.3, 0.4) is 0 Å². The zero-order chi connectivity index (χ0) is 21.0. The van der Waals surface area contributed by atoms with Crippen LogP contribution in [0.5, 0.6) is 11.5 Å². The monoisotopic (exact) mass is 415 g/mol. The number of hydrogen-bond donors (Lipinski definition) is 1. The number of nitrogens with two attached hydrogens (primary N) is 1. The average molecular weight is 415 g/mol. The number of anilines is 2. The minimum Gasteiger partial charge on any atom is -0.494 e. The summed E-state index contributed by atoms with van der Waals surface area (Å²) in [6.45, 7) is 2.81. The summed E-state index contributed by atoms with van der Waals surface area (Å²) in [5.41, 5.74) is 6.16. The van der Waals surface area contributed by atoms with E-state index < -0.39 is 11.6 Å². The predicted octanol–water partition coefficient (Wildman–Crippen LogP) is 2.41. The second kappa shape index (κ2) is 6.63. The zero-order valence-corrected chi connectivity index (χ0v) is 16.4. The third-order valence-corrected chi connectivity index (χ3v) is 5.56. The highest BCUT2D eigenvalue weighted by Gasteiger charge is 2.50. The maximum atomic E-state index is 15.1. The molecule has 0 radical (unpaired) electrons. The Morgan fingerprint density at radius 3 is 2.30 bits per heavy atom. The number of pyridine rings is 1. The van der Waals surface area contributed by atoms with Crippen LogP contribution in [0.4, 0.5) is 20.5 Å². The second-order valence-corrected chi connectivity index (χ2v) is 7.63. The summed E-state index contributed by atoms with van der Waals surface area (Å²) in [4.78, 5) is 14.9. The molecule has 5 rings (SSSR count). The number of hydrogen-bond acceptors (Lipinski definition) is 8. The standard InChI is InChI=1S/C20H19F2N5O3/c1-28-12-4-13(29-2)16(22)14(15(12)21)11-3-10-5-24-19(23)26-17(10)18(25-11)27-6-20(7-27)8-30-9-20/h3-5H,6-9H2,1-2H3,(H2,23,24,26). The highest BCUT2D eigenvalue weighted by atomic mass is 19.1. The lowest BCUT2D eigenvalue weighted by Crippen LogP contribution is -2.66. The topological polar surface area (TPSA) is 95.6 Å². The van der Waals surface area contributed by atoms with Crippen LogP contribution < -0.4 is 20.1 Å². The molecule has 0 amide bonds. The zero-order valence-electron chi connectivity index (χ0n) is 16.4. The number of rotatable bonds is 4. The molecule has 156 valence electrons. The minimum absolute atomic E-state index is 0.0869. The first-order valence-corrected chi connectivity index (χ1v) is 9.31. The summed E-state index contributed by atoms with van der Waals surface area (Å²) >= 11 is 0. The van der Waals surface area contributed by atoms with Crippen molar-refractivity contribution in [2.24, 2.45) is 5.41 Å². The molecule has 0 saturated carbocycles. The third kappa shape index (κ3) is 2.71. The highest BCUT2D eigenvalue weighted by Crippen LogP contribution is 2.43. The van der Waals surface area contributed by atoms with E-state index in [0.29, 0.717) is 29.9 Å². The van der Waals surface area contributed by atoms with Crippen molar-refractivity contribution >= 4 is 22.7 Å². The molecule has 2 aliphatic heterocycles. The van der Waals surface area contributed by atoms with Gasteiger partial charge in [-0.2, -0.15) is 0 Å². The Balaban J connectivity index is 1.70. The Morgan fingerprint density at radius 1 is 1.07 bits per heavy atom. The van der Waals surface area contributed by atoms with Crippen LogP contribution in [0.1, 0.15) is 0 Å². The number of halogens is 2. The Morgan fingerprint density at radius 2 is 1.73 bits per heavy atom. The quantitative estimate of drug-likeness (QED) is 0.694. The maximum Gasteiger partial charge on any atom is 0.220 e. The van der Waals surface area contributed by atoms with Crippen molar-refractivity contribution in [3.8, 4) is 22.8 Å². The van der Waals surface area contributed by atoms with Crippen LogP contribution in [0.2, 0.25) is 0 Å². The third-order valence-electron chi connectivity index (χ3n) is 5.56. The summed E-state index contributed by atoms with van der Waals surface area (Å²) in [6, 6.07) is 2.69. The fourth-order valence-electron chi connectivity index (χ4n) is 3.98. The Hall–Kier alpha value is -3.27. The molecule has 4 heterocycles. The lowest BCUT2D eigenvalue weighted by molar-refractivity contribution is -0.127. The fourth-order valence-corrected chi connectivity index (χ4v) is 3.98. The highest BCUT2D eigenvalue weighted by molar-refractivity contribution is 5.92. The van der Waals surface area contributed by atoms with Crippen molar-refractivity contribution in [2.45, 2.75) is 0 Å². The number of aromatic nitrogens is 3. The van der Waals surface area contributed by atoms with E-state index in [1.54, 1.807) is 0 Å². The molecule has 0 atom stereocenters. The van der Waals surface area contributed by atoms with E-state index in [2.05, 4.69) is 15.0 Å². The lowest BCUT2D eigenvalue weighted by Gasteiger charge is -2.55. The summed E-state index contributed by atoms with van der Waals surface area (Å²) < 4.78 is 45.6. The van der Waals surface area contributed by atoms with Crippen molar-refractivity contribution < 1.29 is 23.0 Å². The number of nitrogens with zero attached hydrogens (tertiary/aromatic N) is 4. The van der Waals surface area contributed by atoms with Gasteiger partial charge in [0.15, 0.2) is 29.0 Å². The Kier molecular flexibility index (Phi) is 4.14. The summed E-state index contributed by atoms with van der Waals surface area (Å²) in [7, 11) is 2.60. The van der Waals surface area contributed by atoms with Gasteiger partial charge in [0.05, 0.1) is 44.1 Å². The van der Waals surface area contributed by atoms with Gasteiger partial charge in [0.1, 0.15) is 5.52 Å². The smallest absolute Gasteiger partial charge is 0.220 e. The molecule has 0 unspecified atom stereocenters. The van der Waals surface area contributed by atoms with E-state index in [0.717, 1.165) is 19.2 Å². The van der Waals surface area contributed by atoms with Crippen LogP contribution in [-0.2, 0) is 4.74 Å². The minimum atomic E-state index is -0.863. The molecule has 2 aromatic heterocycles. The largest absolute Gasteiger partial charge is 0.494 e. The van der Waals surface area contributed by atoms with Gasteiger partial charge in [-0.1, -0.05) is 0 Å². The van der Waals surface area contributed by atoms with Gasteiger partial charge in [0.25, 0.3) is 0 Å². The van der Waals surface area contributed by atoms with Crippen LogP contribution in [-0.4, -0.2) is 55.5 Å². The molecular formula is C20H19F2N5O3. The number of ether oxygens (including phenoxy) is 3. The molecule has 10 heteroatoms. The van der Waals surface area contributed by atoms with Crippen LogP contribution >= 0.6 is 0 Å². The van der Waals surface area contributed by atoms with Crippen molar-refractivity contribution in [1.29, 1.82) is 0 Å². The van der Waals surface area contributed by atoms with Crippen molar-refractivity contribution in [3.63, 3.8) is 0 Å². The van der Waals surface area contributed by atoms with Gasteiger partial charge in [0.2, 0.25) is 5.95 Å². The molecule has 2 aliphatic rings. The first-order chi connectivity index (χ1) is 14.4.